The van der Waals surface area contributed by atoms with E-state index in [1.54, 1.807) is 0 Å². The molecule has 4 rings (SSSR count). The van der Waals surface area contributed by atoms with Crippen LogP contribution in [0.1, 0.15) is 22.6 Å². The summed E-state index contributed by atoms with van der Waals surface area (Å²) in [6.45, 7) is 0. The summed E-state index contributed by atoms with van der Waals surface area (Å²) < 4.78 is 0. The fourth-order valence-electron chi connectivity index (χ4n) is 3.43. The minimum atomic E-state index is -0.330. The van der Waals surface area contributed by atoms with Crippen molar-refractivity contribution in [1.82, 2.24) is 4.98 Å². The predicted octanol–water partition coefficient (Wildman–Crippen LogP) is 5.77. The fourth-order valence-corrected chi connectivity index (χ4v) is 3.55. The zero-order valence-corrected chi connectivity index (χ0v) is 14.9. The van der Waals surface area contributed by atoms with Crippen LogP contribution in [0.2, 0.25) is 5.02 Å². The van der Waals surface area contributed by atoms with Crippen LogP contribution in [0.15, 0.2) is 85.1 Å². The quantitative estimate of drug-likeness (QED) is 0.482. The van der Waals surface area contributed by atoms with Gasteiger partial charge in [-0.3, -0.25) is 4.79 Å². The van der Waals surface area contributed by atoms with Crippen LogP contribution in [0, 0.1) is 0 Å². The average molecular weight is 360 g/mol. The predicted molar refractivity (Wildman–Crippen MR) is 107 cm³/mol. The van der Waals surface area contributed by atoms with Gasteiger partial charge in [-0.05, 0) is 34.9 Å². The van der Waals surface area contributed by atoms with Crippen molar-refractivity contribution in [2.24, 2.45) is 0 Å². The van der Waals surface area contributed by atoms with E-state index in [1.807, 2.05) is 79.0 Å². The summed E-state index contributed by atoms with van der Waals surface area (Å²) in [7, 11) is 0. The van der Waals surface area contributed by atoms with Crippen LogP contribution in [0.3, 0.4) is 0 Å². The van der Waals surface area contributed by atoms with Gasteiger partial charge in [0.25, 0.3) is 0 Å². The number of hydrogen-bond acceptors (Lipinski definition) is 1. The van der Waals surface area contributed by atoms with Crippen molar-refractivity contribution < 1.29 is 4.79 Å². The van der Waals surface area contributed by atoms with Gasteiger partial charge in [-0.2, -0.15) is 0 Å². The first kappa shape index (κ1) is 16.6. The number of hydrogen-bond donors (Lipinski definition) is 1. The SMILES string of the molecule is O=C(Cc1ccccc1)C(c1ccc(Cl)cc1)c1c[nH]c2ccccc12. The van der Waals surface area contributed by atoms with E-state index >= 15 is 0 Å². The lowest BCUT2D eigenvalue weighted by Gasteiger charge is -2.16. The third-order valence-electron chi connectivity index (χ3n) is 4.68. The van der Waals surface area contributed by atoms with Gasteiger partial charge < -0.3 is 4.98 Å². The van der Waals surface area contributed by atoms with Crippen molar-refractivity contribution in [2.45, 2.75) is 12.3 Å². The molecule has 0 bridgehead atoms. The monoisotopic (exact) mass is 359 g/mol. The van der Waals surface area contributed by atoms with Crippen molar-refractivity contribution in [3.05, 3.63) is 107 Å². The number of carbonyl (C=O) groups is 1. The lowest BCUT2D eigenvalue weighted by molar-refractivity contribution is -0.119. The molecular formula is C23H18ClNO. The Morgan fingerprint density at radius 3 is 2.35 bits per heavy atom. The molecule has 26 heavy (non-hydrogen) atoms. The molecule has 0 radical (unpaired) electrons. The molecule has 1 atom stereocenters. The Morgan fingerprint density at radius 1 is 0.885 bits per heavy atom. The second-order valence-corrected chi connectivity index (χ2v) is 6.84. The molecule has 1 unspecified atom stereocenters. The Bertz CT molecular complexity index is 1030. The van der Waals surface area contributed by atoms with Crippen LogP contribution in [0.25, 0.3) is 10.9 Å². The highest BCUT2D eigenvalue weighted by Gasteiger charge is 2.25. The molecule has 1 N–H and O–H groups in total. The van der Waals surface area contributed by atoms with Crippen molar-refractivity contribution in [3.8, 4) is 0 Å². The number of aromatic nitrogens is 1. The number of Topliss-reactive ketones (excluding diaryl/α,β-unsaturated/α-hetero) is 1. The Hall–Kier alpha value is -2.84. The number of rotatable bonds is 5. The number of aromatic amines is 1. The maximum Gasteiger partial charge on any atom is 0.149 e. The third-order valence-corrected chi connectivity index (χ3v) is 4.93. The van der Waals surface area contributed by atoms with Crippen LogP contribution < -0.4 is 0 Å². The zero-order valence-electron chi connectivity index (χ0n) is 14.2. The van der Waals surface area contributed by atoms with E-state index in [2.05, 4.69) is 11.1 Å². The van der Waals surface area contributed by atoms with Gasteiger partial charge in [-0.25, -0.2) is 0 Å². The summed E-state index contributed by atoms with van der Waals surface area (Å²) in [5.41, 5.74) is 4.02. The van der Waals surface area contributed by atoms with Gasteiger partial charge in [0.05, 0.1) is 5.92 Å². The van der Waals surface area contributed by atoms with Gasteiger partial charge in [-0.15, -0.1) is 0 Å². The summed E-state index contributed by atoms with van der Waals surface area (Å²) in [5, 5.41) is 1.75. The standard InChI is InChI=1S/C23H18ClNO/c24-18-12-10-17(11-13-18)23(22(26)14-16-6-2-1-3-7-16)20-15-25-21-9-5-4-8-19(20)21/h1-13,15,23,25H,14H2. The zero-order chi connectivity index (χ0) is 17.9. The molecule has 1 aromatic heterocycles. The molecular weight excluding hydrogens is 342 g/mol. The first-order valence-electron chi connectivity index (χ1n) is 8.60. The number of para-hydroxylation sites is 1. The molecule has 0 spiro atoms. The Balaban J connectivity index is 1.79. The maximum atomic E-state index is 13.3. The number of carbonyl (C=O) groups excluding carboxylic acids is 1. The molecule has 2 nitrogen and oxygen atoms in total. The minimum absolute atomic E-state index is 0.170. The smallest absolute Gasteiger partial charge is 0.149 e. The molecule has 3 aromatic carbocycles. The molecule has 0 fully saturated rings. The highest BCUT2D eigenvalue weighted by atomic mass is 35.5. The van der Waals surface area contributed by atoms with Crippen molar-refractivity contribution >= 4 is 28.3 Å². The molecule has 0 aliphatic rings. The van der Waals surface area contributed by atoms with Crippen molar-refractivity contribution in [2.75, 3.05) is 0 Å². The van der Waals surface area contributed by atoms with Crippen LogP contribution in [0.5, 0.6) is 0 Å². The second-order valence-electron chi connectivity index (χ2n) is 6.40. The van der Waals surface area contributed by atoms with Gasteiger partial charge in [0, 0.05) is 28.5 Å². The molecule has 0 amide bonds. The number of ketones is 1. The number of fused-ring (bicyclic) bond motifs is 1. The largest absolute Gasteiger partial charge is 0.361 e. The normalized spacial score (nSPS) is 12.2. The van der Waals surface area contributed by atoms with Gasteiger partial charge in [0.15, 0.2) is 0 Å². The van der Waals surface area contributed by atoms with E-state index in [1.165, 1.54) is 0 Å². The van der Waals surface area contributed by atoms with Crippen LogP contribution in [-0.2, 0) is 11.2 Å². The Kier molecular flexibility index (Phi) is 4.59. The van der Waals surface area contributed by atoms with Crippen molar-refractivity contribution in [1.29, 1.82) is 0 Å². The number of halogens is 1. The van der Waals surface area contributed by atoms with Gasteiger partial charge in [0.1, 0.15) is 5.78 Å². The third kappa shape index (κ3) is 3.29. The van der Waals surface area contributed by atoms with Crippen LogP contribution in [-0.4, -0.2) is 10.8 Å². The maximum absolute atomic E-state index is 13.3. The van der Waals surface area contributed by atoms with E-state index in [-0.39, 0.29) is 11.7 Å². The summed E-state index contributed by atoms with van der Waals surface area (Å²) in [6.07, 6.45) is 2.35. The molecule has 0 aliphatic heterocycles. The van der Waals surface area contributed by atoms with E-state index in [0.29, 0.717) is 11.4 Å². The summed E-state index contributed by atoms with van der Waals surface area (Å²) >= 11 is 6.05. The molecule has 1 heterocycles. The van der Waals surface area contributed by atoms with Gasteiger partial charge in [0.2, 0.25) is 0 Å². The van der Waals surface area contributed by atoms with Gasteiger partial charge in [-0.1, -0.05) is 72.3 Å². The first-order chi connectivity index (χ1) is 12.7. The van der Waals surface area contributed by atoms with Crippen LogP contribution in [0.4, 0.5) is 0 Å². The van der Waals surface area contributed by atoms with E-state index in [9.17, 15) is 4.79 Å². The highest BCUT2D eigenvalue weighted by molar-refractivity contribution is 6.30. The molecule has 0 aliphatic carbocycles. The van der Waals surface area contributed by atoms with E-state index < -0.39 is 0 Å². The average Bonchev–Trinajstić information content (AvgIpc) is 3.08. The lowest BCUT2D eigenvalue weighted by atomic mass is 9.85. The first-order valence-corrected chi connectivity index (χ1v) is 8.98. The molecule has 128 valence electrons. The number of nitrogens with one attached hydrogen (secondary N) is 1. The molecule has 0 saturated carbocycles. The van der Waals surface area contributed by atoms with E-state index in [0.717, 1.165) is 27.6 Å². The van der Waals surface area contributed by atoms with Crippen molar-refractivity contribution in [3.63, 3.8) is 0 Å². The lowest BCUT2D eigenvalue weighted by Crippen LogP contribution is -2.16. The fraction of sp³-hybridized carbons (Fsp3) is 0.0870. The Labute approximate surface area is 157 Å². The summed E-state index contributed by atoms with van der Waals surface area (Å²) in [5.74, 6) is -0.160. The van der Waals surface area contributed by atoms with Crippen LogP contribution >= 0.6 is 11.6 Å². The minimum Gasteiger partial charge on any atom is -0.361 e. The van der Waals surface area contributed by atoms with Gasteiger partial charge >= 0.3 is 0 Å². The molecule has 0 saturated heterocycles. The Morgan fingerprint density at radius 2 is 1.58 bits per heavy atom. The molecule has 4 aromatic rings. The van der Waals surface area contributed by atoms with E-state index in [4.69, 9.17) is 11.6 Å². The summed E-state index contributed by atoms with van der Waals surface area (Å²) in [6, 6.07) is 25.5. The highest BCUT2D eigenvalue weighted by Crippen LogP contribution is 2.33. The topological polar surface area (TPSA) is 32.9 Å². The molecule has 3 heteroatoms. The number of benzene rings is 3. The summed E-state index contributed by atoms with van der Waals surface area (Å²) in [4.78, 5) is 16.6. The number of H-pyrrole nitrogens is 1. The second kappa shape index (κ2) is 7.19.